The number of aliphatic carboxylic acids is 1. The van der Waals surface area contributed by atoms with Crippen molar-refractivity contribution >= 4 is 23.6 Å². The van der Waals surface area contributed by atoms with E-state index in [4.69, 9.17) is 9.52 Å². The Balaban J connectivity index is 2.42. The van der Waals surface area contributed by atoms with Crippen molar-refractivity contribution in [1.29, 1.82) is 0 Å². The van der Waals surface area contributed by atoms with Gasteiger partial charge in [0.2, 0.25) is 5.91 Å². The molecular formula is C13H19NO4S. The van der Waals surface area contributed by atoms with Gasteiger partial charge in [-0.05, 0) is 25.5 Å². The molecule has 0 aliphatic carbocycles. The summed E-state index contributed by atoms with van der Waals surface area (Å²) >= 11 is 1.16. The number of amides is 1. The van der Waals surface area contributed by atoms with Crippen LogP contribution in [0.1, 0.15) is 24.9 Å². The van der Waals surface area contributed by atoms with E-state index in [9.17, 15) is 9.59 Å². The Morgan fingerprint density at radius 1 is 1.47 bits per heavy atom. The van der Waals surface area contributed by atoms with Crippen LogP contribution in [0.4, 0.5) is 0 Å². The average molecular weight is 285 g/mol. The second-order valence-corrected chi connectivity index (χ2v) is 5.50. The molecule has 1 aromatic rings. The zero-order valence-corrected chi connectivity index (χ0v) is 12.2. The number of thioether (sulfide) groups is 1. The maximum absolute atomic E-state index is 11.9. The number of hydrogen-bond acceptors (Lipinski definition) is 4. The molecule has 1 N–H and O–H groups in total. The van der Waals surface area contributed by atoms with Gasteiger partial charge in [-0.1, -0.05) is 6.92 Å². The van der Waals surface area contributed by atoms with E-state index in [0.717, 1.165) is 23.3 Å². The number of carbonyl (C=O) groups is 2. The molecule has 0 spiro atoms. The highest BCUT2D eigenvalue weighted by Crippen LogP contribution is 2.16. The van der Waals surface area contributed by atoms with E-state index < -0.39 is 11.2 Å². The summed E-state index contributed by atoms with van der Waals surface area (Å²) in [5, 5.41) is 8.38. The molecule has 0 aliphatic heterocycles. The van der Waals surface area contributed by atoms with Gasteiger partial charge in [0.05, 0.1) is 12.3 Å². The maximum Gasteiger partial charge on any atom is 0.316 e. The molecule has 106 valence electrons. The summed E-state index contributed by atoms with van der Waals surface area (Å²) in [6.07, 6.45) is 0.508. The van der Waals surface area contributed by atoms with Crippen molar-refractivity contribution < 1.29 is 19.1 Å². The van der Waals surface area contributed by atoms with Crippen molar-refractivity contribution in [3.63, 3.8) is 0 Å². The van der Waals surface area contributed by atoms with Crippen LogP contribution < -0.4 is 0 Å². The third-order valence-corrected chi connectivity index (χ3v) is 4.02. The van der Waals surface area contributed by atoms with Crippen LogP contribution in [0.3, 0.4) is 0 Å². The van der Waals surface area contributed by atoms with Gasteiger partial charge < -0.3 is 14.4 Å². The van der Waals surface area contributed by atoms with Crippen molar-refractivity contribution in [1.82, 2.24) is 4.90 Å². The van der Waals surface area contributed by atoms with E-state index in [2.05, 4.69) is 0 Å². The summed E-state index contributed by atoms with van der Waals surface area (Å²) in [5.74, 6) is 0.732. The van der Waals surface area contributed by atoms with Gasteiger partial charge in [-0.2, -0.15) is 0 Å². The van der Waals surface area contributed by atoms with Crippen molar-refractivity contribution in [3.05, 3.63) is 23.7 Å². The minimum Gasteiger partial charge on any atom is -0.480 e. The fraction of sp³-hybridized carbons (Fsp3) is 0.538. The van der Waals surface area contributed by atoms with E-state index in [1.807, 2.05) is 19.1 Å². The number of carboxylic acids is 1. The molecule has 0 saturated carbocycles. The Morgan fingerprint density at radius 2 is 2.16 bits per heavy atom. The van der Waals surface area contributed by atoms with Gasteiger partial charge in [-0.3, -0.25) is 9.59 Å². The van der Waals surface area contributed by atoms with Crippen LogP contribution in [0.5, 0.6) is 0 Å². The van der Waals surface area contributed by atoms with Gasteiger partial charge in [0, 0.05) is 7.05 Å². The first-order chi connectivity index (χ1) is 8.93. The molecule has 1 heterocycles. The quantitative estimate of drug-likeness (QED) is 0.831. The first-order valence-corrected chi connectivity index (χ1v) is 7.12. The van der Waals surface area contributed by atoms with Crippen LogP contribution in [-0.2, 0) is 16.1 Å². The summed E-state index contributed by atoms with van der Waals surface area (Å²) < 4.78 is 5.39. The van der Waals surface area contributed by atoms with Crippen molar-refractivity contribution in [2.24, 2.45) is 0 Å². The van der Waals surface area contributed by atoms with E-state index >= 15 is 0 Å². The fourth-order valence-electron chi connectivity index (χ4n) is 1.54. The molecule has 0 aliphatic rings. The zero-order chi connectivity index (χ0) is 14.4. The first kappa shape index (κ1) is 15.6. The number of rotatable bonds is 7. The third-order valence-electron chi connectivity index (χ3n) is 2.67. The Kier molecular flexibility index (Phi) is 5.95. The Hall–Kier alpha value is -1.43. The summed E-state index contributed by atoms with van der Waals surface area (Å²) in [5.41, 5.74) is 0. The molecule has 1 rings (SSSR count). The SMILES string of the molecule is CCC(SCC(=O)N(C)Cc1ccc(C)o1)C(=O)O. The summed E-state index contributed by atoms with van der Waals surface area (Å²) in [6.45, 7) is 4.04. The predicted molar refractivity (Wildman–Crippen MR) is 74.1 cm³/mol. The molecule has 0 fully saturated rings. The number of nitrogens with zero attached hydrogens (tertiary/aromatic N) is 1. The monoisotopic (exact) mass is 285 g/mol. The van der Waals surface area contributed by atoms with Crippen LogP contribution in [-0.4, -0.2) is 39.9 Å². The second-order valence-electron chi connectivity index (χ2n) is 4.31. The lowest BCUT2D eigenvalue weighted by Crippen LogP contribution is -2.29. The van der Waals surface area contributed by atoms with Gasteiger partial charge in [0.1, 0.15) is 16.8 Å². The third kappa shape index (κ3) is 4.98. The molecule has 5 nitrogen and oxygen atoms in total. The number of carboxylic acid groups (broad SMARTS) is 1. The summed E-state index contributed by atoms with van der Waals surface area (Å²) in [7, 11) is 1.68. The van der Waals surface area contributed by atoms with Crippen LogP contribution in [0.2, 0.25) is 0 Å². The lowest BCUT2D eigenvalue weighted by atomic mass is 10.3. The van der Waals surface area contributed by atoms with E-state index in [0.29, 0.717) is 13.0 Å². The van der Waals surface area contributed by atoms with Crippen LogP contribution in [0.15, 0.2) is 16.5 Å². The first-order valence-electron chi connectivity index (χ1n) is 6.07. The molecule has 0 radical (unpaired) electrons. The van der Waals surface area contributed by atoms with Gasteiger partial charge in [-0.15, -0.1) is 11.8 Å². The highest BCUT2D eigenvalue weighted by atomic mass is 32.2. The molecular weight excluding hydrogens is 266 g/mol. The van der Waals surface area contributed by atoms with Crippen LogP contribution in [0.25, 0.3) is 0 Å². The smallest absolute Gasteiger partial charge is 0.316 e. The van der Waals surface area contributed by atoms with Gasteiger partial charge in [-0.25, -0.2) is 0 Å². The highest BCUT2D eigenvalue weighted by molar-refractivity contribution is 8.01. The molecule has 1 aromatic heterocycles. The van der Waals surface area contributed by atoms with E-state index in [-0.39, 0.29) is 11.7 Å². The van der Waals surface area contributed by atoms with Crippen LogP contribution in [0, 0.1) is 6.92 Å². The Bertz CT molecular complexity index is 444. The second kappa shape index (κ2) is 7.23. The molecule has 1 atom stereocenters. The molecule has 1 unspecified atom stereocenters. The standard InChI is InChI=1S/C13H19NO4S/c1-4-11(13(16)17)19-8-12(15)14(3)7-10-6-5-9(2)18-10/h5-6,11H,4,7-8H2,1-3H3,(H,16,17). The molecule has 6 heteroatoms. The number of aryl methyl sites for hydroxylation is 1. The number of hydrogen-bond donors (Lipinski definition) is 1. The maximum atomic E-state index is 11.9. The lowest BCUT2D eigenvalue weighted by Gasteiger charge is -2.16. The number of furan rings is 1. The minimum absolute atomic E-state index is 0.0984. The molecule has 0 bridgehead atoms. The van der Waals surface area contributed by atoms with Crippen molar-refractivity contribution in [3.8, 4) is 0 Å². The van der Waals surface area contributed by atoms with E-state index in [1.54, 1.807) is 18.9 Å². The minimum atomic E-state index is -0.871. The highest BCUT2D eigenvalue weighted by Gasteiger charge is 2.19. The predicted octanol–water partition coefficient (Wildman–Crippen LogP) is 2.14. The molecule has 0 saturated heterocycles. The average Bonchev–Trinajstić information content (AvgIpc) is 2.74. The fourth-order valence-corrected chi connectivity index (χ4v) is 2.48. The van der Waals surface area contributed by atoms with Crippen molar-refractivity contribution in [2.75, 3.05) is 12.8 Å². The Labute approximate surface area is 117 Å². The van der Waals surface area contributed by atoms with Gasteiger partial charge in [0.15, 0.2) is 0 Å². The zero-order valence-electron chi connectivity index (χ0n) is 11.4. The van der Waals surface area contributed by atoms with Gasteiger partial charge >= 0.3 is 5.97 Å². The van der Waals surface area contributed by atoms with Crippen molar-refractivity contribution in [2.45, 2.75) is 32.1 Å². The normalized spacial score (nSPS) is 12.2. The van der Waals surface area contributed by atoms with E-state index in [1.165, 1.54) is 0 Å². The molecule has 19 heavy (non-hydrogen) atoms. The lowest BCUT2D eigenvalue weighted by molar-refractivity contribution is -0.136. The topological polar surface area (TPSA) is 70.8 Å². The molecule has 1 amide bonds. The van der Waals surface area contributed by atoms with Crippen LogP contribution >= 0.6 is 11.8 Å². The largest absolute Gasteiger partial charge is 0.480 e. The van der Waals surface area contributed by atoms with Gasteiger partial charge in [0.25, 0.3) is 0 Å². The summed E-state index contributed by atoms with van der Waals surface area (Å²) in [4.78, 5) is 24.3. The Morgan fingerprint density at radius 3 is 2.63 bits per heavy atom. The summed E-state index contributed by atoms with van der Waals surface area (Å²) in [6, 6.07) is 3.68. The number of carbonyl (C=O) groups excluding carboxylic acids is 1. The molecule has 0 aromatic carbocycles.